The Labute approximate surface area is 293 Å². The van der Waals surface area contributed by atoms with Gasteiger partial charge in [0.05, 0.1) is 39.8 Å². The van der Waals surface area contributed by atoms with E-state index in [4.69, 9.17) is 40.0 Å². The predicted octanol–water partition coefficient (Wildman–Crippen LogP) is 4.63. The first-order valence-corrected chi connectivity index (χ1v) is 16.3. The number of esters is 4. The normalized spacial score (nSPS) is 11.8. The summed E-state index contributed by atoms with van der Waals surface area (Å²) in [6.45, 7) is 0.869. The van der Waals surface area contributed by atoms with Gasteiger partial charge in [-0.2, -0.15) is 0 Å². The van der Waals surface area contributed by atoms with Gasteiger partial charge in [0.25, 0.3) is 0 Å². The molecule has 0 aromatic heterocycles. The molecular weight excluding hydrogens is 716 g/mol. The maximum Gasteiger partial charge on any atom is 0.325 e. The van der Waals surface area contributed by atoms with Crippen molar-refractivity contribution in [1.29, 1.82) is 0 Å². The molecule has 0 spiro atoms. The number of ether oxygens (including phenoxy) is 6. The number of unbranched alkanes of at least 4 members (excludes halogenated alkanes) is 1. The molecule has 264 valence electrons. The predicted molar refractivity (Wildman–Crippen MR) is 183 cm³/mol. The number of aldehydes is 1. The molecule has 0 N–H and O–H groups in total. The van der Waals surface area contributed by atoms with Crippen molar-refractivity contribution in [2.24, 2.45) is 0 Å². The fraction of sp³-hybridized carbons (Fsp3) is 0.485. The molecule has 2 atom stereocenters. The molecule has 13 nitrogen and oxygen atoms in total. The zero-order valence-corrected chi connectivity index (χ0v) is 30.0. The minimum atomic E-state index is -0.606. The number of rotatable bonds is 21. The second kappa shape index (κ2) is 21.0. The molecule has 15 heteroatoms. The van der Waals surface area contributed by atoms with Crippen molar-refractivity contribution in [2.45, 2.75) is 43.5 Å². The van der Waals surface area contributed by atoms with E-state index < -0.39 is 30.0 Å². The Morgan fingerprint density at radius 1 is 0.750 bits per heavy atom. The zero-order chi connectivity index (χ0) is 35.6. The van der Waals surface area contributed by atoms with Gasteiger partial charge in [0.2, 0.25) is 0 Å². The van der Waals surface area contributed by atoms with E-state index in [1.54, 1.807) is 24.3 Å². The molecule has 0 aliphatic heterocycles. The lowest BCUT2D eigenvalue weighted by molar-refractivity contribution is -0.141. The Hall–Kier alpha value is -4.04. The van der Waals surface area contributed by atoms with Gasteiger partial charge in [-0.3, -0.25) is 24.0 Å². The minimum Gasteiger partial charge on any atom is -0.488 e. The van der Waals surface area contributed by atoms with Crippen LogP contribution in [0, 0.1) is 0 Å². The van der Waals surface area contributed by atoms with E-state index in [0.29, 0.717) is 45.2 Å². The van der Waals surface area contributed by atoms with Crippen molar-refractivity contribution in [3.63, 3.8) is 0 Å². The van der Waals surface area contributed by atoms with Gasteiger partial charge < -0.3 is 38.2 Å². The Morgan fingerprint density at radius 3 is 1.77 bits per heavy atom. The molecule has 2 rings (SSSR count). The van der Waals surface area contributed by atoms with Crippen molar-refractivity contribution in [3.05, 3.63) is 47.0 Å². The number of halogens is 2. The van der Waals surface area contributed by atoms with Crippen LogP contribution in [-0.4, -0.2) is 102 Å². The van der Waals surface area contributed by atoms with Crippen LogP contribution in [0.25, 0.3) is 0 Å². The highest BCUT2D eigenvalue weighted by molar-refractivity contribution is 9.09. The molecule has 0 radical (unpaired) electrons. The molecular formula is C33H42BrClN2O11. The maximum absolute atomic E-state index is 12.3. The van der Waals surface area contributed by atoms with Gasteiger partial charge in [0.15, 0.2) is 0 Å². The van der Waals surface area contributed by atoms with Gasteiger partial charge in [0.1, 0.15) is 56.7 Å². The number of carbonyl (C=O) groups is 5. The summed E-state index contributed by atoms with van der Waals surface area (Å²) in [5, 5.41) is 0.336. The molecule has 0 fully saturated rings. The SMILES string of the molecule is COC(=O)CN(CC(=O)OC)c1ccc(C=O)cc1OCC(CCCCC(C)Br)Oc1ccc(Cl)cc1N(CC(=O)OC)CC(=O)OC. The molecule has 48 heavy (non-hydrogen) atoms. The zero-order valence-electron chi connectivity index (χ0n) is 27.7. The number of alkyl halides is 1. The van der Waals surface area contributed by atoms with Crippen molar-refractivity contribution < 1.29 is 52.4 Å². The number of carbonyl (C=O) groups excluding carboxylic acids is 5. The van der Waals surface area contributed by atoms with Crippen molar-refractivity contribution in [2.75, 3.05) is 71.0 Å². The lowest BCUT2D eigenvalue weighted by atomic mass is 10.1. The van der Waals surface area contributed by atoms with E-state index in [9.17, 15) is 24.0 Å². The summed E-state index contributed by atoms with van der Waals surface area (Å²) in [6.07, 6.45) is 3.16. The van der Waals surface area contributed by atoms with Gasteiger partial charge in [0, 0.05) is 15.4 Å². The molecule has 0 amide bonds. The number of methoxy groups -OCH3 is 4. The summed E-state index contributed by atoms with van der Waals surface area (Å²) in [5.74, 6) is -1.88. The summed E-state index contributed by atoms with van der Waals surface area (Å²) < 4.78 is 32.1. The van der Waals surface area contributed by atoms with Gasteiger partial charge in [-0.1, -0.05) is 40.9 Å². The number of nitrogens with zero attached hydrogens (tertiary/aromatic N) is 2. The lowest BCUT2D eigenvalue weighted by Gasteiger charge is -2.28. The van der Waals surface area contributed by atoms with E-state index in [1.165, 1.54) is 50.4 Å². The van der Waals surface area contributed by atoms with Gasteiger partial charge in [-0.25, -0.2) is 0 Å². The van der Waals surface area contributed by atoms with Crippen molar-refractivity contribution in [3.8, 4) is 11.5 Å². The van der Waals surface area contributed by atoms with Crippen LogP contribution in [0.3, 0.4) is 0 Å². The second-order valence-corrected chi connectivity index (χ2v) is 12.6. The van der Waals surface area contributed by atoms with E-state index >= 15 is 0 Å². The van der Waals surface area contributed by atoms with Crippen LogP contribution >= 0.6 is 27.5 Å². The van der Waals surface area contributed by atoms with Gasteiger partial charge in [-0.15, -0.1) is 0 Å². The lowest BCUT2D eigenvalue weighted by Crippen LogP contribution is -2.36. The van der Waals surface area contributed by atoms with Crippen LogP contribution in [0.1, 0.15) is 43.0 Å². The Morgan fingerprint density at radius 2 is 1.27 bits per heavy atom. The topological polar surface area (TPSA) is 147 Å². The molecule has 0 aliphatic carbocycles. The first-order valence-electron chi connectivity index (χ1n) is 15.0. The molecule has 0 saturated carbocycles. The third kappa shape index (κ3) is 13.6. The highest BCUT2D eigenvalue weighted by atomic mass is 79.9. The number of hydrogen-bond acceptors (Lipinski definition) is 13. The molecule has 2 aromatic rings. The van der Waals surface area contributed by atoms with Gasteiger partial charge in [-0.05, 0) is 55.7 Å². The quantitative estimate of drug-likeness (QED) is 0.0574. The molecule has 0 aliphatic rings. The van der Waals surface area contributed by atoms with Crippen LogP contribution in [-0.2, 0) is 38.1 Å². The van der Waals surface area contributed by atoms with E-state index in [0.717, 1.165) is 19.3 Å². The molecule has 2 unspecified atom stereocenters. The van der Waals surface area contributed by atoms with Crippen LogP contribution in [0.15, 0.2) is 36.4 Å². The van der Waals surface area contributed by atoms with E-state index in [-0.39, 0.29) is 38.5 Å². The first-order chi connectivity index (χ1) is 22.9. The highest BCUT2D eigenvalue weighted by Crippen LogP contribution is 2.34. The molecule has 2 aromatic carbocycles. The van der Waals surface area contributed by atoms with Crippen LogP contribution < -0.4 is 19.3 Å². The Bertz CT molecular complexity index is 1360. The standard InChI is InChI=1S/C33H42BrClN2O11/c1-22(34)8-6-7-9-25(48-28-13-11-24(35)15-27(28)37(18-32(41)45-4)19-33(42)46-5)21-47-29-14-23(20-38)10-12-26(29)36(16-30(39)43-2)17-31(40)44-3/h10-15,20,22,25H,6-9,16-19,21H2,1-5H3. The smallest absolute Gasteiger partial charge is 0.325 e. The van der Waals surface area contributed by atoms with Crippen LogP contribution in [0.2, 0.25) is 5.02 Å². The third-order valence-corrected chi connectivity index (χ3v) is 7.70. The Kier molecular flexibility index (Phi) is 17.6. The summed E-state index contributed by atoms with van der Waals surface area (Å²) >= 11 is 9.91. The average molecular weight is 758 g/mol. The number of hydrogen-bond donors (Lipinski definition) is 0. The van der Waals surface area contributed by atoms with Crippen molar-refractivity contribution >= 4 is 69.1 Å². The second-order valence-electron chi connectivity index (χ2n) is 10.6. The van der Waals surface area contributed by atoms with E-state index in [2.05, 4.69) is 22.9 Å². The number of benzene rings is 2. The highest BCUT2D eigenvalue weighted by Gasteiger charge is 2.24. The minimum absolute atomic E-state index is 0.0282. The summed E-state index contributed by atoms with van der Waals surface area (Å²) in [4.78, 5) is 63.9. The summed E-state index contributed by atoms with van der Waals surface area (Å²) in [5.41, 5.74) is 0.996. The van der Waals surface area contributed by atoms with Crippen molar-refractivity contribution in [1.82, 2.24) is 0 Å². The largest absolute Gasteiger partial charge is 0.488 e. The Balaban J connectivity index is 2.51. The fourth-order valence-corrected chi connectivity index (χ4v) is 4.98. The fourth-order valence-electron chi connectivity index (χ4n) is 4.49. The van der Waals surface area contributed by atoms with Crippen LogP contribution in [0.5, 0.6) is 11.5 Å². The maximum atomic E-state index is 12.3. The van der Waals surface area contributed by atoms with Crippen LogP contribution in [0.4, 0.5) is 11.4 Å². The third-order valence-electron chi connectivity index (χ3n) is 7.01. The monoisotopic (exact) mass is 756 g/mol. The summed E-state index contributed by atoms with van der Waals surface area (Å²) in [6, 6.07) is 9.39. The molecule has 0 bridgehead atoms. The number of anilines is 2. The van der Waals surface area contributed by atoms with E-state index in [1.807, 2.05) is 0 Å². The molecule has 0 saturated heterocycles. The average Bonchev–Trinajstić information content (AvgIpc) is 3.08. The summed E-state index contributed by atoms with van der Waals surface area (Å²) in [7, 11) is 4.93. The van der Waals surface area contributed by atoms with Gasteiger partial charge >= 0.3 is 23.9 Å². The first kappa shape index (κ1) is 40.1. The molecule has 0 heterocycles.